The first-order valence-electron chi connectivity index (χ1n) is 9.25. The van der Waals surface area contributed by atoms with Gasteiger partial charge in [0.25, 0.3) is 0 Å². The highest BCUT2D eigenvalue weighted by Crippen LogP contribution is 2.26. The molecule has 26 heavy (non-hydrogen) atoms. The maximum absolute atomic E-state index is 12.5. The summed E-state index contributed by atoms with van der Waals surface area (Å²) in [7, 11) is 0. The lowest BCUT2D eigenvalue weighted by atomic mass is 9.95. The molecule has 1 aromatic carbocycles. The number of hydrogen-bond acceptors (Lipinski definition) is 3. The van der Waals surface area contributed by atoms with E-state index in [9.17, 15) is 9.59 Å². The number of aryl methyl sites for hydroxylation is 1. The summed E-state index contributed by atoms with van der Waals surface area (Å²) < 4.78 is 1.05. The van der Waals surface area contributed by atoms with Crippen LogP contribution in [0.1, 0.15) is 39.2 Å². The van der Waals surface area contributed by atoms with Crippen molar-refractivity contribution in [3.63, 3.8) is 0 Å². The fraction of sp³-hybridized carbons (Fsp3) is 0.600. The Kier molecular flexibility index (Phi) is 8.02. The van der Waals surface area contributed by atoms with Crippen molar-refractivity contribution in [2.45, 2.75) is 51.5 Å². The summed E-state index contributed by atoms with van der Waals surface area (Å²) in [6.45, 7) is 9.66. The third-order valence-corrected chi connectivity index (χ3v) is 6.73. The number of carbonyl (C=O) groups is 2. The zero-order valence-electron chi connectivity index (χ0n) is 16.0. The Labute approximate surface area is 169 Å². The number of nitrogens with one attached hydrogen (secondary N) is 1. The molecule has 1 saturated heterocycles. The Morgan fingerprint density at radius 2 is 1.92 bits per heavy atom. The molecule has 0 aromatic heterocycles. The molecule has 1 heterocycles. The van der Waals surface area contributed by atoms with E-state index in [0.717, 1.165) is 22.2 Å². The number of likely N-dealkylation sites (tertiary alicyclic amines) is 1. The molecule has 0 aliphatic carbocycles. The molecule has 144 valence electrons. The van der Waals surface area contributed by atoms with Gasteiger partial charge in [-0.05, 0) is 56.4 Å². The normalized spacial score (nSPS) is 16.6. The second-order valence-corrected chi connectivity index (χ2v) is 9.33. The van der Waals surface area contributed by atoms with Gasteiger partial charge in [0, 0.05) is 34.4 Å². The molecule has 2 rings (SSSR count). The minimum Gasteiger partial charge on any atom is -0.353 e. The van der Waals surface area contributed by atoms with E-state index in [2.05, 4.69) is 48.1 Å². The van der Waals surface area contributed by atoms with Crippen LogP contribution in [0.5, 0.6) is 0 Å². The fourth-order valence-electron chi connectivity index (χ4n) is 2.91. The quantitative estimate of drug-likeness (QED) is 0.672. The van der Waals surface area contributed by atoms with Crippen molar-refractivity contribution >= 4 is 39.5 Å². The molecule has 1 aliphatic heterocycles. The topological polar surface area (TPSA) is 49.4 Å². The number of rotatable bonds is 6. The number of thioether (sulfide) groups is 1. The molecule has 0 spiro atoms. The molecule has 0 radical (unpaired) electrons. The Morgan fingerprint density at radius 3 is 2.50 bits per heavy atom. The second kappa shape index (κ2) is 9.79. The number of hydrogen-bond donors (Lipinski definition) is 1. The van der Waals surface area contributed by atoms with Gasteiger partial charge in [0.2, 0.25) is 11.8 Å². The Hall–Kier alpha value is -1.01. The molecule has 4 nitrogen and oxygen atoms in total. The van der Waals surface area contributed by atoms with Gasteiger partial charge in [-0.15, -0.1) is 11.8 Å². The van der Waals surface area contributed by atoms with Gasteiger partial charge in [-0.25, -0.2) is 0 Å². The third-order valence-electron chi connectivity index (χ3n) is 5.08. The summed E-state index contributed by atoms with van der Waals surface area (Å²) in [5.74, 6) is 1.20. The summed E-state index contributed by atoms with van der Waals surface area (Å²) in [4.78, 5) is 27.9. The van der Waals surface area contributed by atoms with Crippen molar-refractivity contribution in [3.05, 3.63) is 28.2 Å². The maximum Gasteiger partial charge on any atom is 0.232 e. The first kappa shape index (κ1) is 21.3. The van der Waals surface area contributed by atoms with Gasteiger partial charge in [0.15, 0.2) is 0 Å². The third kappa shape index (κ3) is 6.02. The molecule has 1 N–H and O–H groups in total. The van der Waals surface area contributed by atoms with Crippen molar-refractivity contribution in [1.29, 1.82) is 0 Å². The van der Waals surface area contributed by atoms with E-state index in [-0.39, 0.29) is 23.8 Å². The van der Waals surface area contributed by atoms with Crippen LogP contribution in [-0.4, -0.2) is 41.6 Å². The largest absolute Gasteiger partial charge is 0.353 e. The van der Waals surface area contributed by atoms with E-state index in [4.69, 9.17) is 0 Å². The summed E-state index contributed by atoms with van der Waals surface area (Å²) in [6.07, 6.45) is 1.51. The van der Waals surface area contributed by atoms with Crippen molar-refractivity contribution in [3.8, 4) is 0 Å². The fourth-order valence-corrected chi connectivity index (χ4v) is 4.29. The van der Waals surface area contributed by atoms with Gasteiger partial charge in [0.1, 0.15) is 0 Å². The standard InChI is InChI=1S/C20H29BrN2O2S/c1-13(2)15(4)22-20(25)16-7-9-23(10-8-16)19(24)12-26-18-6-5-17(21)11-14(18)3/h5-6,11,13,15-16H,7-10,12H2,1-4H3,(H,22,25). The van der Waals surface area contributed by atoms with Gasteiger partial charge in [0.05, 0.1) is 5.75 Å². The maximum atomic E-state index is 12.5. The van der Waals surface area contributed by atoms with E-state index >= 15 is 0 Å². The second-order valence-electron chi connectivity index (χ2n) is 7.39. The van der Waals surface area contributed by atoms with E-state index in [0.29, 0.717) is 24.8 Å². The number of carbonyl (C=O) groups excluding carboxylic acids is 2. The first-order chi connectivity index (χ1) is 12.3. The van der Waals surface area contributed by atoms with Crippen LogP contribution in [0.25, 0.3) is 0 Å². The van der Waals surface area contributed by atoms with Crippen LogP contribution in [0.3, 0.4) is 0 Å². The van der Waals surface area contributed by atoms with Crippen LogP contribution in [0.2, 0.25) is 0 Å². The number of halogens is 1. The molecular formula is C20H29BrN2O2S. The SMILES string of the molecule is Cc1cc(Br)ccc1SCC(=O)N1CCC(C(=O)NC(C)C(C)C)CC1. The average molecular weight is 441 g/mol. The van der Waals surface area contributed by atoms with Gasteiger partial charge in [-0.3, -0.25) is 9.59 Å². The average Bonchev–Trinajstić information content (AvgIpc) is 2.60. The Balaban J connectivity index is 1.78. The number of benzene rings is 1. The van der Waals surface area contributed by atoms with Crippen molar-refractivity contribution in [2.75, 3.05) is 18.8 Å². The lowest BCUT2D eigenvalue weighted by molar-refractivity contribution is -0.134. The van der Waals surface area contributed by atoms with Crippen LogP contribution in [-0.2, 0) is 9.59 Å². The molecule has 0 bridgehead atoms. The summed E-state index contributed by atoms with van der Waals surface area (Å²) in [6, 6.07) is 6.30. The summed E-state index contributed by atoms with van der Waals surface area (Å²) in [5, 5.41) is 3.10. The van der Waals surface area contributed by atoms with Gasteiger partial charge in [-0.2, -0.15) is 0 Å². The number of nitrogens with zero attached hydrogens (tertiary/aromatic N) is 1. The molecule has 1 atom stereocenters. The number of amides is 2. The van der Waals surface area contributed by atoms with E-state index in [1.807, 2.05) is 24.0 Å². The van der Waals surface area contributed by atoms with Crippen molar-refractivity contribution in [2.24, 2.45) is 11.8 Å². The molecule has 1 aliphatic rings. The van der Waals surface area contributed by atoms with Crippen molar-refractivity contribution < 1.29 is 9.59 Å². The van der Waals surface area contributed by atoms with E-state index < -0.39 is 0 Å². The van der Waals surface area contributed by atoms with Crippen LogP contribution in [0, 0.1) is 18.8 Å². The van der Waals surface area contributed by atoms with Gasteiger partial charge < -0.3 is 10.2 Å². The van der Waals surface area contributed by atoms with Crippen LogP contribution < -0.4 is 5.32 Å². The lowest BCUT2D eigenvalue weighted by Crippen LogP contribution is -2.46. The molecule has 0 saturated carbocycles. The van der Waals surface area contributed by atoms with Gasteiger partial charge in [-0.1, -0.05) is 29.8 Å². The summed E-state index contributed by atoms with van der Waals surface area (Å²) >= 11 is 5.05. The van der Waals surface area contributed by atoms with Crippen molar-refractivity contribution in [1.82, 2.24) is 10.2 Å². The molecule has 1 unspecified atom stereocenters. The van der Waals surface area contributed by atoms with Crippen LogP contribution >= 0.6 is 27.7 Å². The monoisotopic (exact) mass is 440 g/mol. The molecule has 6 heteroatoms. The van der Waals surface area contributed by atoms with E-state index in [1.54, 1.807) is 11.8 Å². The molecule has 1 fully saturated rings. The highest BCUT2D eigenvalue weighted by molar-refractivity contribution is 9.10. The molecule has 1 aromatic rings. The smallest absolute Gasteiger partial charge is 0.232 e. The zero-order chi connectivity index (χ0) is 19.3. The Bertz CT molecular complexity index is 643. The van der Waals surface area contributed by atoms with Crippen LogP contribution in [0.15, 0.2) is 27.6 Å². The van der Waals surface area contributed by atoms with E-state index in [1.165, 1.54) is 5.56 Å². The predicted octanol–water partition coefficient (Wildman–Crippen LogP) is 4.25. The minimum atomic E-state index is 0.0293. The lowest BCUT2D eigenvalue weighted by Gasteiger charge is -2.32. The van der Waals surface area contributed by atoms with Crippen LogP contribution in [0.4, 0.5) is 0 Å². The highest BCUT2D eigenvalue weighted by atomic mass is 79.9. The molecule has 2 amide bonds. The molecular weight excluding hydrogens is 412 g/mol. The van der Waals surface area contributed by atoms with Gasteiger partial charge >= 0.3 is 0 Å². The minimum absolute atomic E-state index is 0.0293. The highest BCUT2D eigenvalue weighted by Gasteiger charge is 2.28. The Morgan fingerprint density at radius 1 is 1.27 bits per heavy atom. The summed E-state index contributed by atoms with van der Waals surface area (Å²) in [5.41, 5.74) is 1.17. The zero-order valence-corrected chi connectivity index (χ0v) is 18.5. The number of piperidine rings is 1. The predicted molar refractivity (Wildman–Crippen MR) is 111 cm³/mol. The first-order valence-corrected chi connectivity index (χ1v) is 11.0.